The van der Waals surface area contributed by atoms with Gasteiger partial charge in [0.15, 0.2) is 0 Å². The monoisotopic (exact) mass is 279 g/mol. The molecule has 0 heterocycles. The Morgan fingerprint density at radius 2 is 1.70 bits per heavy atom. The van der Waals surface area contributed by atoms with E-state index >= 15 is 0 Å². The fraction of sp³-hybridized carbons (Fsp3) is 0.467. The molecule has 5 nitrogen and oxygen atoms in total. The number of esters is 2. The zero-order valence-electron chi connectivity index (χ0n) is 12.0. The van der Waals surface area contributed by atoms with E-state index < -0.39 is 0 Å². The molecule has 0 aliphatic heterocycles. The number of hydrogen-bond donors (Lipinski definition) is 0. The van der Waals surface area contributed by atoms with Crippen LogP contribution in [0.1, 0.15) is 18.4 Å². The summed E-state index contributed by atoms with van der Waals surface area (Å²) in [5.41, 5.74) is 1.12. The van der Waals surface area contributed by atoms with Crippen molar-refractivity contribution in [3.05, 3.63) is 35.9 Å². The van der Waals surface area contributed by atoms with Gasteiger partial charge in [-0.15, -0.1) is 0 Å². The van der Waals surface area contributed by atoms with Gasteiger partial charge in [-0.25, -0.2) is 0 Å². The molecule has 20 heavy (non-hydrogen) atoms. The van der Waals surface area contributed by atoms with Crippen LogP contribution in [-0.2, 0) is 25.6 Å². The topological polar surface area (TPSA) is 55.8 Å². The van der Waals surface area contributed by atoms with Crippen LogP contribution in [0.5, 0.6) is 0 Å². The zero-order valence-corrected chi connectivity index (χ0v) is 12.0. The molecular formula is C15H21NO4. The van der Waals surface area contributed by atoms with Gasteiger partial charge < -0.3 is 9.47 Å². The van der Waals surface area contributed by atoms with E-state index in [9.17, 15) is 9.59 Å². The number of nitrogens with zero attached hydrogens (tertiary/aromatic N) is 1. The average molecular weight is 279 g/mol. The molecule has 0 radical (unpaired) electrons. The van der Waals surface area contributed by atoms with Crippen molar-refractivity contribution < 1.29 is 19.1 Å². The third kappa shape index (κ3) is 6.33. The predicted octanol–water partition coefficient (Wildman–Crippen LogP) is 1.61. The smallest absolute Gasteiger partial charge is 0.319 e. The summed E-state index contributed by atoms with van der Waals surface area (Å²) in [6, 6.07) is 9.88. The van der Waals surface area contributed by atoms with Crippen LogP contribution >= 0.6 is 0 Å². The molecular weight excluding hydrogens is 258 g/mol. The first-order valence-electron chi connectivity index (χ1n) is 6.55. The molecule has 0 N–H and O–H groups in total. The highest BCUT2D eigenvalue weighted by Crippen LogP contribution is 2.06. The fourth-order valence-corrected chi connectivity index (χ4v) is 1.85. The van der Waals surface area contributed by atoms with Gasteiger partial charge in [0.25, 0.3) is 0 Å². The fourth-order valence-electron chi connectivity index (χ4n) is 1.85. The van der Waals surface area contributed by atoms with Crippen LogP contribution in [0.4, 0.5) is 0 Å². The number of benzene rings is 1. The lowest BCUT2D eigenvalue weighted by molar-refractivity contribution is -0.142. The van der Waals surface area contributed by atoms with Gasteiger partial charge in [-0.3, -0.25) is 14.5 Å². The summed E-state index contributed by atoms with van der Waals surface area (Å²) >= 11 is 0. The molecule has 110 valence electrons. The summed E-state index contributed by atoms with van der Waals surface area (Å²) < 4.78 is 9.30. The van der Waals surface area contributed by atoms with E-state index in [4.69, 9.17) is 4.74 Å². The van der Waals surface area contributed by atoms with Crippen LogP contribution in [0.25, 0.3) is 0 Å². The van der Waals surface area contributed by atoms with Crippen LogP contribution in [-0.4, -0.2) is 44.1 Å². The van der Waals surface area contributed by atoms with E-state index in [1.54, 1.807) is 0 Å². The highest BCUT2D eigenvalue weighted by atomic mass is 16.5. The second kappa shape index (κ2) is 9.09. The van der Waals surface area contributed by atoms with Gasteiger partial charge in [0, 0.05) is 13.0 Å². The summed E-state index contributed by atoms with van der Waals surface area (Å²) in [5, 5.41) is 0. The van der Waals surface area contributed by atoms with Crippen molar-refractivity contribution in [3.8, 4) is 0 Å². The average Bonchev–Trinajstić information content (AvgIpc) is 2.47. The van der Waals surface area contributed by atoms with Crippen molar-refractivity contribution >= 4 is 11.9 Å². The molecule has 1 aromatic rings. The van der Waals surface area contributed by atoms with E-state index in [2.05, 4.69) is 4.74 Å². The lowest BCUT2D eigenvalue weighted by atomic mass is 10.2. The minimum Gasteiger partial charge on any atom is -0.469 e. The summed E-state index contributed by atoms with van der Waals surface area (Å²) in [6.45, 7) is 1.50. The highest BCUT2D eigenvalue weighted by molar-refractivity contribution is 5.71. The SMILES string of the molecule is COC(=O)CCCN(CC(=O)OC)Cc1ccccc1. The Labute approximate surface area is 119 Å². The third-order valence-electron chi connectivity index (χ3n) is 2.91. The normalized spacial score (nSPS) is 10.3. The van der Waals surface area contributed by atoms with Crippen molar-refractivity contribution in [2.24, 2.45) is 0 Å². The van der Waals surface area contributed by atoms with Crippen LogP contribution < -0.4 is 0 Å². The van der Waals surface area contributed by atoms with Crippen LogP contribution in [0, 0.1) is 0 Å². The Bertz CT molecular complexity index is 419. The first kappa shape index (κ1) is 16.2. The first-order chi connectivity index (χ1) is 9.65. The lowest BCUT2D eigenvalue weighted by Crippen LogP contribution is -2.31. The molecule has 0 saturated carbocycles. The van der Waals surface area contributed by atoms with Crippen LogP contribution in [0.15, 0.2) is 30.3 Å². The number of ether oxygens (including phenoxy) is 2. The Morgan fingerprint density at radius 1 is 1.05 bits per heavy atom. The lowest BCUT2D eigenvalue weighted by Gasteiger charge is -2.20. The molecule has 0 aromatic heterocycles. The van der Waals surface area contributed by atoms with Gasteiger partial charge in [0.2, 0.25) is 0 Å². The second-order valence-electron chi connectivity index (χ2n) is 4.45. The minimum atomic E-state index is -0.279. The van der Waals surface area contributed by atoms with E-state index in [0.29, 0.717) is 25.9 Å². The Morgan fingerprint density at radius 3 is 2.30 bits per heavy atom. The molecule has 0 aliphatic carbocycles. The molecule has 0 saturated heterocycles. The molecule has 0 unspecified atom stereocenters. The molecule has 0 fully saturated rings. The van der Waals surface area contributed by atoms with Gasteiger partial charge in [-0.2, -0.15) is 0 Å². The maximum atomic E-state index is 11.4. The Hall–Kier alpha value is -1.88. The third-order valence-corrected chi connectivity index (χ3v) is 2.91. The molecule has 0 bridgehead atoms. The quantitative estimate of drug-likeness (QED) is 0.677. The van der Waals surface area contributed by atoms with Gasteiger partial charge >= 0.3 is 11.9 Å². The van der Waals surface area contributed by atoms with Crippen molar-refractivity contribution in [1.82, 2.24) is 4.90 Å². The van der Waals surface area contributed by atoms with Crippen molar-refractivity contribution in [3.63, 3.8) is 0 Å². The van der Waals surface area contributed by atoms with E-state index in [0.717, 1.165) is 5.56 Å². The molecule has 0 spiro atoms. The largest absolute Gasteiger partial charge is 0.469 e. The molecule has 5 heteroatoms. The standard InChI is InChI=1S/C15H21NO4/c1-19-14(17)9-6-10-16(12-15(18)20-2)11-13-7-4-3-5-8-13/h3-5,7-8H,6,9-12H2,1-2H3. The van der Waals surface area contributed by atoms with Gasteiger partial charge in [0.05, 0.1) is 20.8 Å². The van der Waals surface area contributed by atoms with E-state index in [1.165, 1.54) is 14.2 Å². The Balaban J connectivity index is 2.51. The summed E-state index contributed by atoms with van der Waals surface area (Å²) in [6.07, 6.45) is 0.999. The molecule has 0 aliphatic rings. The van der Waals surface area contributed by atoms with E-state index in [1.807, 2.05) is 35.2 Å². The summed E-state index contributed by atoms with van der Waals surface area (Å²) in [4.78, 5) is 24.5. The predicted molar refractivity (Wildman–Crippen MR) is 75.0 cm³/mol. The van der Waals surface area contributed by atoms with Gasteiger partial charge in [0.1, 0.15) is 0 Å². The number of hydrogen-bond acceptors (Lipinski definition) is 5. The minimum absolute atomic E-state index is 0.215. The maximum absolute atomic E-state index is 11.4. The summed E-state index contributed by atoms with van der Waals surface area (Å²) in [5.74, 6) is -0.512. The second-order valence-corrected chi connectivity index (χ2v) is 4.45. The molecule has 1 rings (SSSR count). The maximum Gasteiger partial charge on any atom is 0.319 e. The number of carbonyl (C=O) groups is 2. The van der Waals surface area contributed by atoms with Crippen molar-refractivity contribution in [2.75, 3.05) is 27.3 Å². The van der Waals surface area contributed by atoms with Crippen molar-refractivity contribution in [1.29, 1.82) is 0 Å². The van der Waals surface area contributed by atoms with Gasteiger partial charge in [-0.05, 0) is 18.5 Å². The molecule has 1 aromatic carbocycles. The van der Waals surface area contributed by atoms with Gasteiger partial charge in [-0.1, -0.05) is 30.3 Å². The number of rotatable bonds is 8. The number of methoxy groups -OCH3 is 2. The van der Waals surface area contributed by atoms with Crippen LogP contribution in [0.2, 0.25) is 0 Å². The first-order valence-corrected chi connectivity index (χ1v) is 6.55. The summed E-state index contributed by atoms with van der Waals surface area (Å²) in [7, 11) is 2.75. The zero-order chi connectivity index (χ0) is 14.8. The molecule has 0 atom stereocenters. The number of carbonyl (C=O) groups excluding carboxylic acids is 2. The molecule has 0 amide bonds. The van der Waals surface area contributed by atoms with Crippen molar-refractivity contribution in [2.45, 2.75) is 19.4 Å². The Kier molecular flexibility index (Phi) is 7.35. The van der Waals surface area contributed by atoms with Crippen LogP contribution in [0.3, 0.4) is 0 Å². The highest BCUT2D eigenvalue weighted by Gasteiger charge is 2.12. The van der Waals surface area contributed by atoms with E-state index in [-0.39, 0.29) is 18.5 Å².